The van der Waals surface area contributed by atoms with Gasteiger partial charge in [-0.1, -0.05) is 19.1 Å². The lowest BCUT2D eigenvalue weighted by molar-refractivity contribution is -0.152. The topological polar surface area (TPSA) is 84.0 Å². The minimum atomic E-state index is -0.753. The molecule has 2 aliphatic heterocycles. The summed E-state index contributed by atoms with van der Waals surface area (Å²) in [5, 5.41) is 0. The van der Waals surface area contributed by atoms with Crippen LogP contribution in [0, 0.1) is 0 Å². The lowest BCUT2D eigenvalue weighted by Crippen LogP contribution is -2.45. The normalized spacial score (nSPS) is 19.5. The maximum absolute atomic E-state index is 12.3. The Morgan fingerprint density at radius 2 is 1.96 bits per heavy atom. The van der Waals surface area contributed by atoms with Gasteiger partial charge in [0.15, 0.2) is 6.61 Å². The SMILES string of the molecule is CC[C@@H]1CCCCN1C(=O)COC(=O)CN1C(=O)C(=O)c2ccccc21. The summed E-state index contributed by atoms with van der Waals surface area (Å²) in [6, 6.07) is 6.70. The Labute approximate surface area is 151 Å². The van der Waals surface area contributed by atoms with E-state index in [1.54, 1.807) is 29.2 Å². The molecular formula is C19H22N2O5. The first kappa shape index (κ1) is 18.1. The number of ketones is 1. The summed E-state index contributed by atoms with van der Waals surface area (Å²) in [7, 11) is 0. The van der Waals surface area contributed by atoms with Crippen LogP contribution in [0.15, 0.2) is 24.3 Å². The number of Topliss-reactive ketones (excluding diaryl/α,β-unsaturated/α-hetero) is 1. The van der Waals surface area contributed by atoms with E-state index in [-0.39, 0.29) is 30.7 Å². The highest BCUT2D eigenvalue weighted by Gasteiger charge is 2.37. The van der Waals surface area contributed by atoms with Gasteiger partial charge < -0.3 is 9.64 Å². The third kappa shape index (κ3) is 3.47. The molecule has 2 heterocycles. The molecule has 0 saturated carbocycles. The summed E-state index contributed by atoms with van der Waals surface area (Å²) in [5.41, 5.74) is 0.674. The van der Waals surface area contributed by atoms with Gasteiger partial charge in [-0.2, -0.15) is 0 Å². The van der Waals surface area contributed by atoms with Crippen LogP contribution in [0.4, 0.5) is 5.69 Å². The lowest BCUT2D eigenvalue weighted by atomic mass is 10.00. The van der Waals surface area contributed by atoms with Crippen LogP contribution in [0.5, 0.6) is 0 Å². The van der Waals surface area contributed by atoms with E-state index in [9.17, 15) is 19.2 Å². The van der Waals surface area contributed by atoms with E-state index in [2.05, 4.69) is 0 Å². The summed E-state index contributed by atoms with van der Waals surface area (Å²) >= 11 is 0. The quantitative estimate of drug-likeness (QED) is 0.589. The third-order valence-electron chi connectivity index (χ3n) is 4.94. The number of para-hydroxylation sites is 1. The summed E-state index contributed by atoms with van der Waals surface area (Å²) < 4.78 is 5.08. The van der Waals surface area contributed by atoms with Crippen molar-refractivity contribution in [1.29, 1.82) is 0 Å². The van der Waals surface area contributed by atoms with Crippen LogP contribution >= 0.6 is 0 Å². The zero-order chi connectivity index (χ0) is 18.7. The molecule has 1 atom stereocenters. The fourth-order valence-corrected chi connectivity index (χ4v) is 3.56. The van der Waals surface area contributed by atoms with Crippen LogP contribution in [-0.4, -0.2) is 54.2 Å². The molecule has 0 aromatic heterocycles. The van der Waals surface area contributed by atoms with Gasteiger partial charge in [0.2, 0.25) is 0 Å². The standard InChI is InChI=1S/C19H22N2O5/c1-2-13-7-5-6-10-20(13)16(22)12-26-17(23)11-21-15-9-4-3-8-14(15)18(24)19(21)25/h3-4,8-9,13H,2,5-7,10-12H2,1H3/t13-/m1/s1. The number of nitrogens with zero attached hydrogens (tertiary/aromatic N) is 2. The Morgan fingerprint density at radius 3 is 2.73 bits per heavy atom. The molecule has 2 amide bonds. The highest BCUT2D eigenvalue weighted by atomic mass is 16.5. The second-order valence-electron chi connectivity index (χ2n) is 6.54. The minimum absolute atomic E-state index is 0.194. The molecule has 0 N–H and O–H groups in total. The van der Waals surface area contributed by atoms with E-state index < -0.39 is 17.7 Å². The van der Waals surface area contributed by atoms with Crippen molar-refractivity contribution in [3.63, 3.8) is 0 Å². The highest BCUT2D eigenvalue weighted by Crippen LogP contribution is 2.28. The minimum Gasteiger partial charge on any atom is -0.454 e. The molecule has 1 saturated heterocycles. The smallest absolute Gasteiger partial charge is 0.326 e. The van der Waals surface area contributed by atoms with Gasteiger partial charge in [-0.25, -0.2) is 0 Å². The molecule has 0 spiro atoms. The molecule has 7 nitrogen and oxygen atoms in total. The van der Waals surface area contributed by atoms with Gasteiger partial charge in [0.25, 0.3) is 17.6 Å². The fraction of sp³-hybridized carbons (Fsp3) is 0.474. The number of hydrogen-bond donors (Lipinski definition) is 0. The summed E-state index contributed by atoms with van der Waals surface area (Å²) in [6.07, 6.45) is 3.90. The second kappa shape index (κ2) is 7.68. The Kier molecular flexibility index (Phi) is 5.35. The molecule has 3 rings (SSSR count). The van der Waals surface area contributed by atoms with Crippen molar-refractivity contribution in [2.75, 3.05) is 24.6 Å². The molecule has 26 heavy (non-hydrogen) atoms. The van der Waals surface area contributed by atoms with Crippen LogP contribution < -0.4 is 4.90 Å². The van der Waals surface area contributed by atoms with Gasteiger partial charge in [-0.05, 0) is 37.8 Å². The number of carbonyl (C=O) groups excluding carboxylic acids is 4. The number of anilines is 1. The Morgan fingerprint density at radius 1 is 1.19 bits per heavy atom. The van der Waals surface area contributed by atoms with Crippen molar-refractivity contribution in [3.8, 4) is 0 Å². The molecular weight excluding hydrogens is 336 g/mol. The van der Waals surface area contributed by atoms with Gasteiger partial charge in [0, 0.05) is 12.6 Å². The van der Waals surface area contributed by atoms with Crippen molar-refractivity contribution >= 4 is 29.3 Å². The molecule has 1 fully saturated rings. The molecule has 2 aliphatic rings. The Hall–Kier alpha value is -2.70. The van der Waals surface area contributed by atoms with E-state index in [0.29, 0.717) is 12.2 Å². The van der Waals surface area contributed by atoms with Gasteiger partial charge in [-0.15, -0.1) is 0 Å². The van der Waals surface area contributed by atoms with Gasteiger partial charge >= 0.3 is 5.97 Å². The van der Waals surface area contributed by atoms with E-state index in [1.807, 2.05) is 6.92 Å². The molecule has 0 bridgehead atoms. The summed E-state index contributed by atoms with van der Waals surface area (Å²) in [4.78, 5) is 51.3. The number of carbonyl (C=O) groups is 4. The molecule has 138 valence electrons. The Balaban J connectivity index is 1.57. The number of fused-ring (bicyclic) bond motifs is 1. The predicted octanol–water partition coefficient (Wildman–Crippen LogP) is 1.55. The molecule has 7 heteroatoms. The first-order valence-corrected chi connectivity index (χ1v) is 8.93. The van der Waals surface area contributed by atoms with Crippen LogP contribution in [0.1, 0.15) is 43.0 Å². The number of benzene rings is 1. The molecule has 0 aliphatic carbocycles. The van der Waals surface area contributed by atoms with Crippen LogP contribution in [0.3, 0.4) is 0 Å². The first-order chi connectivity index (χ1) is 12.5. The average molecular weight is 358 g/mol. The maximum atomic E-state index is 12.3. The van der Waals surface area contributed by atoms with Gasteiger partial charge in [0.05, 0.1) is 11.3 Å². The van der Waals surface area contributed by atoms with E-state index >= 15 is 0 Å². The third-order valence-corrected chi connectivity index (χ3v) is 4.94. The van der Waals surface area contributed by atoms with Gasteiger partial charge in [-0.3, -0.25) is 24.1 Å². The van der Waals surface area contributed by atoms with Gasteiger partial charge in [0.1, 0.15) is 6.54 Å². The summed E-state index contributed by atoms with van der Waals surface area (Å²) in [5.74, 6) is -2.31. The van der Waals surface area contributed by atoms with E-state index in [1.165, 1.54) is 0 Å². The lowest BCUT2D eigenvalue weighted by Gasteiger charge is -2.35. The Bertz CT molecular complexity index is 745. The molecule has 0 radical (unpaired) electrons. The fourth-order valence-electron chi connectivity index (χ4n) is 3.56. The number of esters is 1. The van der Waals surface area contributed by atoms with Crippen molar-refractivity contribution in [3.05, 3.63) is 29.8 Å². The van der Waals surface area contributed by atoms with E-state index in [0.717, 1.165) is 30.6 Å². The molecule has 0 unspecified atom stereocenters. The van der Waals surface area contributed by atoms with Crippen LogP contribution in [-0.2, 0) is 19.1 Å². The number of hydrogen-bond acceptors (Lipinski definition) is 5. The van der Waals surface area contributed by atoms with E-state index in [4.69, 9.17) is 4.74 Å². The average Bonchev–Trinajstić information content (AvgIpc) is 2.91. The van der Waals surface area contributed by atoms with Crippen LogP contribution in [0.2, 0.25) is 0 Å². The zero-order valence-corrected chi connectivity index (χ0v) is 14.8. The summed E-state index contributed by atoms with van der Waals surface area (Å²) in [6.45, 7) is 2.00. The second-order valence-corrected chi connectivity index (χ2v) is 6.54. The number of rotatable bonds is 5. The number of amides is 2. The first-order valence-electron chi connectivity index (χ1n) is 8.93. The van der Waals surface area contributed by atoms with Crippen LogP contribution in [0.25, 0.3) is 0 Å². The number of likely N-dealkylation sites (tertiary alicyclic amines) is 1. The van der Waals surface area contributed by atoms with Crippen molar-refractivity contribution in [1.82, 2.24) is 4.90 Å². The zero-order valence-electron chi connectivity index (χ0n) is 14.8. The highest BCUT2D eigenvalue weighted by molar-refractivity contribution is 6.52. The predicted molar refractivity (Wildman–Crippen MR) is 93.7 cm³/mol. The monoisotopic (exact) mass is 358 g/mol. The largest absolute Gasteiger partial charge is 0.454 e. The van der Waals surface area contributed by atoms with Crippen molar-refractivity contribution < 1.29 is 23.9 Å². The molecule has 1 aromatic carbocycles. The number of piperidine rings is 1. The maximum Gasteiger partial charge on any atom is 0.326 e. The van der Waals surface area contributed by atoms with Crippen molar-refractivity contribution in [2.24, 2.45) is 0 Å². The number of ether oxygens (including phenoxy) is 1. The van der Waals surface area contributed by atoms with Crippen molar-refractivity contribution in [2.45, 2.75) is 38.6 Å². The molecule has 1 aromatic rings.